The van der Waals surface area contributed by atoms with Crippen LogP contribution in [0.25, 0.3) is 27.5 Å². The highest BCUT2D eigenvalue weighted by molar-refractivity contribution is 7.80. The van der Waals surface area contributed by atoms with Gasteiger partial charge in [-0.05, 0) is 59.3 Å². The number of phenolic OH excluding ortho intramolecular Hbond substituents is 1. The van der Waals surface area contributed by atoms with Gasteiger partial charge in [-0.1, -0.05) is 36.4 Å². The monoisotopic (exact) mass is 492 g/mol. The van der Waals surface area contributed by atoms with Crippen LogP contribution in [0.1, 0.15) is 12.5 Å². The lowest BCUT2D eigenvalue weighted by molar-refractivity contribution is -0.114. The minimum Gasteiger partial charge on any atom is -0.506 e. The number of rotatable bonds is 6. The summed E-state index contributed by atoms with van der Waals surface area (Å²) in [5.41, 5.74) is 7.49. The van der Waals surface area contributed by atoms with Gasteiger partial charge in [0.25, 0.3) is 5.91 Å². The molecule has 35 heavy (non-hydrogen) atoms. The highest BCUT2D eigenvalue weighted by Gasteiger charge is 2.18. The Morgan fingerprint density at radius 2 is 1.89 bits per heavy atom. The van der Waals surface area contributed by atoms with Crippen molar-refractivity contribution in [3.8, 4) is 16.9 Å². The predicted molar refractivity (Wildman–Crippen MR) is 134 cm³/mol. The third kappa shape index (κ3) is 4.90. The van der Waals surface area contributed by atoms with E-state index in [-0.39, 0.29) is 17.0 Å². The minimum absolute atomic E-state index is 0.00216. The fourth-order valence-electron chi connectivity index (χ4n) is 3.61. The summed E-state index contributed by atoms with van der Waals surface area (Å²) in [7, 11) is 0. The lowest BCUT2D eigenvalue weighted by Crippen LogP contribution is -2.13. The topological polar surface area (TPSA) is 141 Å². The van der Waals surface area contributed by atoms with Crippen LogP contribution in [0, 0.1) is 0 Å². The molecule has 0 saturated carbocycles. The maximum atomic E-state index is 15.0. The first kappa shape index (κ1) is 24.0. The van der Waals surface area contributed by atoms with Gasteiger partial charge < -0.3 is 16.2 Å². The van der Waals surface area contributed by atoms with E-state index in [0.717, 1.165) is 5.39 Å². The van der Waals surface area contributed by atoms with Gasteiger partial charge in [-0.3, -0.25) is 4.79 Å². The SMILES string of the molecule is CC(=C(F)C(=O)Nc1ccc(-c2ccccc2S(=O)ON)cc1O)c1ccc2ccnc(N)c2c1. The standard InChI is InChI=1S/C25H21FN4O4S/c1-14(16-7-6-15-10-11-29-24(27)19(15)12-16)23(26)25(32)30-20-9-8-17(13-21(20)31)18-4-2-3-5-22(18)35(33)34-28/h2-13,31H,28H2,1H3,(H2,27,29)(H,30,32). The average Bonchev–Trinajstić information content (AvgIpc) is 2.88. The third-order valence-corrected chi connectivity index (χ3v) is 6.36. The average molecular weight is 493 g/mol. The van der Waals surface area contributed by atoms with Crippen molar-refractivity contribution in [3.63, 3.8) is 0 Å². The van der Waals surface area contributed by atoms with Crippen LogP contribution in [0.3, 0.4) is 0 Å². The predicted octanol–water partition coefficient (Wildman–Crippen LogP) is 4.44. The molecular weight excluding hydrogens is 471 g/mol. The highest BCUT2D eigenvalue weighted by Crippen LogP contribution is 2.34. The molecule has 178 valence electrons. The Balaban J connectivity index is 1.60. The molecule has 0 aliphatic heterocycles. The van der Waals surface area contributed by atoms with Crippen molar-refractivity contribution in [2.75, 3.05) is 11.1 Å². The van der Waals surface area contributed by atoms with Crippen molar-refractivity contribution in [3.05, 3.63) is 84.3 Å². The Bertz CT molecular complexity index is 1510. The molecule has 1 aromatic heterocycles. The maximum Gasteiger partial charge on any atom is 0.284 e. The van der Waals surface area contributed by atoms with E-state index in [1.54, 1.807) is 60.8 Å². The Morgan fingerprint density at radius 1 is 1.11 bits per heavy atom. The Kier molecular flexibility index (Phi) is 6.87. The van der Waals surface area contributed by atoms with E-state index >= 15 is 0 Å². The van der Waals surface area contributed by atoms with Crippen molar-refractivity contribution >= 4 is 44.8 Å². The van der Waals surface area contributed by atoms with Gasteiger partial charge in [-0.2, -0.15) is 10.2 Å². The minimum atomic E-state index is -1.90. The molecule has 4 rings (SSSR count). The van der Waals surface area contributed by atoms with Crippen LogP contribution >= 0.6 is 0 Å². The number of phenols is 1. The fourth-order valence-corrected chi connectivity index (χ4v) is 4.26. The van der Waals surface area contributed by atoms with E-state index in [9.17, 15) is 18.5 Å². The number of benzene rings is 3. The molecular formula is C25H21FN4O4S. The quantitative estimate of drug-likeness (QED) is 0.177. The van der Waals surface area contributed by atoms with Crippen LogP contribution in [0.2, 0.25) is 0 Å². The van der Waals surface area contributed by atoms with Crippen molar-refractivity contribution in [2.45, 2.75) is 11.8 Å². The van der Waals surface area contributed by atoms with Crippen LogP contribution in [-0.2, 0) is 20.2 Å². The summed E-state index contributed by atoms with van der Waals surface area (Å²) in [5, 5.41) is 14.3. The normalized spacial score (nSPS) is 12.8. The van der Waals surface area contributed by atoms with Crippen molar-refractivity contribution in [1.82, 2.24) is 4.98 Å². The number of aromatic hydroxyl groups is 1. The van der Waals surface area contributed by atoms with Gasteiger partial charge in [0, 0.05) is 17.1 Å². The molecule has 0 radical (unpaired) electrons. The van der Waals surface area contributed by atoms with Crippen molar-refractivity contribution < 1.29 is 22.8 Å². The molecule has 0 aliphatic carbocycles. The Morgan fingerprint density at radius 3 is 2.63 bits per heavy atom. The first-order valence-electron chi connectivity index (χ1n) is 10.3. The molecule has 0 saturated heterocycles. The third-order valence-electron chi connectivity index (χ3n) is 5.47. The Labute approximate surface area is 202 Å². The molecule has 8 nitrogen and oxygen atoms in total. The summed E-state index contributed by atoms with van der Waals surface area (Å²) in [6, 6.07) is 17.9. The van der Waals surface area contributed by atoms with Gasteiger partial charge >= 0.3 is 0 Å². The lowest BCUT2D eigenvalue weighted by Gasteiger charge is -2.12. The molecule has 0 spiro atoms. The molecule has 4 aromatic rings. The smallest absolute Gasteiger partial charge is 0.284 e. The number of hydrogen-bond donors (Lipinski definition) is 4. The number of hydrogen-bond acceptors (Lipinski definition) is 7. The van der Waals surface area contributed by atoms with Crippen LogP contribution < -0.4 is 16.9 Å². The number of aromatic nitrogens is 1. The van der Waals surface area contributed by atoms with E-state index in [2.05, 4.69) is 14.6 Å². The molecule has 1 amide bonds. The zero-order valence-corrected chi connectivity index (χ0v) is 19.3. The molecule has 0 bridgehead atoms. The van der Waals surface area contributed by atoms with Gasteiger partial charge in [0.05, 0.1) is 10.6 Å². The number of pyridine rings is 1. The number of nitrogens with zero attached hydrogens (tertiary/aromatic N) is 1. The summed E-state index contributed by atoms with van der Waals surface area (Å²) < 4.78 is 31.5. The summed E-state index contributed by atoms with van der Waals surface area (Å²) in [5.74, 6) is 3.00. The molecule has 3 aromatic carbocycles. The van der Waals surface area contributed by atoms with E-state index in [4.69, 9.17) is 11.6 Å². The zero-order valence-electron chi connectivity index (χ0n) is 18.5. The number of amides is 1. The van der Waals surface area contributed by atoms with Crippen LogP contribution in [0.4, 0.5) is 15.9 Å². The molecule has 0 aliphatic rings. The number of anilines is 2. The Hall–Kier alpha value is -4.12. The van der Waals surface area contributed by atoms with Crippen molar-refractivity contribution in [2.24, 2.45) is 5.90 Å². The summed E-state index contributed by atoms with van der Waals surface area (Å²) >= 11 is -1.90. The number of carbonyl (C=O) groups excluding carboxylic acids is 1. The molecule has 1 unspecified atom stereocenters. The number of fused-ring (bicyclic) bond motifs is 1. The molecule has 1 heterocycles. The van der Waals surface area contributed by atoms with Crippen molar-refractivity contribution in [1.29, 1.82) is 0 Å². The largest absolute Gasteiger partial charge is 0.506 e. The molecule has 6 N–H and O–H groups in total. The first-order valence-corrected chi connectivity index (χ1v) is 11.4. The van der Waals surface area contributed by atoms with Gasteiger partial charge in [0.15, 0.2) is 5.83 Å². The summed E-state index contributed by atoms with van der Waals surface area (Å²) in [4.78, 5) is 16.9. The number of allylic oxidation sites excluding steroid dienone is 1. The first-order chi connectivity index (χ1) is 16.8. The summed E-state index contributed by atoms with van der Waals surface area (Å²) in [6.45, 7) is 1.47. The molecule has 10 heteroatoms. The molecule has 0 fully saturated rings. The van der Waals surface area contributed by atoms with E-state index in [0.29, 0.717) is 32.8 Å². The van der Waals surface area contributed by atoms with Crippen LogP contribution in [0.5, 0.6) is 5.75 Å². The van der Waals surface area contributed by atoms with Gasteiger partial charge in [0.2, 0.25) is 11.1 Å². The van der Waals surface area contributed by atoms with Gasteiger partial charge in [0.1, 0.15) is 11.6 Å². The fraction of sp³-hybridized carbons (Fsp3) is 0.0400. The number of carbonyl (C=O) groups is 1. The molecule has 1 atom stereocenters. The number of nitrogens with one attached hydrogen (secondary N) is 1. The second kappa shape index (κ2) is 10.0. The second-order valence-electron chi connectivity index (χ2n) is 7.58. The second-order valence-corrected chi connectivity index (χ2v) is 8.69. The van der Waals surface area contributed by atoms with Crippen LogP contribution in [-0.4, -0.2) is 20.2 Å². The maximum absolute atomic E-state index is 15.0. The number of halogens is 1. The van der Waals surface area contributed by atoms with E-state index in [1.165, 1.54) is 19.1 Å². The van der Waals surface area contributed by atoms with E-state index in [1.807, 2.05) is 0 Å². The lowest BCUT2D eigenvalue weighted by atomic mass is 10.0. The van der Waals surface area contributed by atoms with E-state index < -0.39 is 22.8 Å². The summed E-state index contributed by atoms with van der Waals surface area (Å²) in [6.07, 6.45) is 1.58. The van der Waals surface area contributed by atoms with Gasteiger partial charge in [-0.25, -0.2) is 13.6 Å². The zero-order chi connectivity index (χ0) is 25.1. The number of nitrogen functional groups attached to an aromatic ring is 1. The highest BCUT2D eigenvalue weighted by atomic mass is 32.2. The van der Waals surface area contributed by atoms with Crippen LogP contribution in [0.15, 0.2) is 83.6 Å². The number of nitrogens with two attached hydrogens (primary N) is 2. The van der Waals surface area contributed by atoms with Gasteiger partial charge in [-0.15, -0.1) is 0 Å².